The molecule has 0 aliphatic carbocycles. The van der Waals surface area contributed by atoms with Gasteiger partial charge in [0, 0.05) is 18.2 Å². The van der Waals surface area contributed by atoms with Crippen LogP contribution in [0.4, 0.5) is 0 Å². The highest BCUT2D eigenvalue weighted by Crippen LogP contribution is 2.26. The minimum Gasteiger partial charge on any atom is -0.478 e. The molecule has 0 atom stereocenters. The summed E-state index contributed by atoms with van der Waals surface area (Å²) in [6.07, 6.45) is 6.07. The van der Waals surface area contributed by atoms with E-state index in [9.17, 15) is 9.90 Å². The van der Waals surface area contributed by atoms with Crippen LogP contribution in [0.25, 0.3) is 16.6 Å². The second-order valence-corrected chi connectivity index (χ2v) is 7.28. The first-order valence-corrected chi connectivity index (χ1v) is 10.0. The Bertz CT molecular complexity index is 1140. The molecule has 29 heavy (non-hydrogen) atoms. The maximum Gasteiger partial charge on any atom is 0.336 e. The van der Waals surface area contributed by atoms with Crippen molar-refractivity contribution in [2.24, 2.45) is 0 Å². The fraction of sp³-hybridized carbons (Fsp3) is 0.200. The Labute approximate surface area is 170 Å². The molecule has 1 N–H and O–H groups in total. The van der Waals surface area contributed by atoms with Crippen molar-refractivity contribution in [3.05, 3.63) is 95.3 Å². The lowest BCUT2D eigenvalue weighted by Crippen LogP contribution is -1.99. The van der Waals surface area contributed by atoms with Crippen LogP contribution >= 0.6 is 0 Å². The number of carbonyl (C=O) groups is 1. The zero-order valence-corrected chi connectivity index (χ0v) is 16.5. The van der Waals surface area contributed by atoms with E-state index in [1.165, 1.54) is 16.8 Å². The number of benzene rings is 2. The van der Waals surface area contributed by atoms with Crippen LogP contribution in [0, 0.1) is 0 Å². The molecule has 4 heteroatoms. The summed E-state index contributed by atoms with van der Waals surface area (Å²) >= 11 is 0. The van der Waals surface area contributed by atoms with Crippen LogP contribution in [0.2, 0.25) is 0 Å². The Morgan fingerprint density at radius 2 is 1.76 bits per heavy atom. The fourth-order valence-corrected chi connectivity index (χ4v) is 3.76. The second-order valence-electron chi connectivity index (χ2n) is 7.28. The van der Waals surface area contributed by atoms with Crippen molar-refractivity contribution in [3.8, 4) is 11.1 Å². The lowest BCUT2D eigenvalue weighted by molar-refractivity contribution is 0.0697. The second kappa shape index (κ2) is 8.31. The number of aromatic carboxylic acids is 1. The van der Waals surface area contributed by atoms with E-state index in [-0.39, 0.29) is 0 Å². The largest absolute Gasteiger partial charge is 0.478 e. The highest BCUT2D eigenvalue weighted by Gasteiger charge is 2.14. The van der Waals surface area contributed by atoms with E-state index in [1.807, 2.05) is 41.0 Å². The van der Waals surface area contributed by atoms with Gasteiger partial charge in [0.15, 0.2) is 0 Å². The number of hydrogen-bond donors (Lipinski definition) is 1. The van der Waals surface area contributed by atoms with E-state index < -0.39 is 5.97 Å². The number of unbranched alkanes of at least 4 members (excludes halogenated alkanes) is 1. The Hall–Kier alpha value is -3.40. The third-order valence-corrected chi connectivity index (χ3v) is 5.30. The van der Waals surface area contributed by atoms with E-state index >= 15 is 0 Å². The summed E-state index contributed by atoms with van der Waals surface area (Å²) in [5, 5.41) is 14.2. The molecule has 0 radical (unpaired) electrons. The molecule has 2 aromatic carbocycles. The van der Waals surface area contributed by atoms with Gasteiger partial charge in [-0.2, -0.15) is 5.10 Å². The number of aromatic nitrogens is 2. The van der Waals surface area contributed by atoms with Crippen molar-refractivity contribution in [2.75, 3.05) is 0 Å². The number of fused-ring (bicyclic) bond motifs is 1. The van der Waals surface area contributed by atoms with Gasteiger partial charge >= 0.3 is 5.97 Å². The highest BCUT2D eigenvalue weighted by molar-refractivity contribution is 5.96. The Kier molecular flexibility index (Phi) is 5.43. The molecule has 4 nitrogen and oxygen atoms in total. The van der Waals surface area contributed by atoms with Gasteiger partial charge in [0.1, 0.15) is 0 Å². The van der Waals surface area contributed by atoms with Crippen LogP contribution in [0.15, 0.2) is 72.9 Å². The molecule has 0 unspecified atom stereocenters. The zero-order chi connectivity index (χ0) is 20.2. The lowest BCUT2D eigenvalue weighted by atomic mass is 9.96. The lowest BCUT2D eigenvalue weighted by Gasteiger charge is -2.08. The molecule has 4 rings (SSSR count). The van der Waals surface area contributed by atoms with Gasteiger partial charge in [0.25, 0.3) is 0 Å². The number of carboxylic acid groups (broad SMARTS) is 1. The van der Waals surface area contributed by atoms with Gasteiger partial charge < -0.3 is 5.11 Å². The van der Waals surface area contributed by atoms with Gasteiger partial charge in [-0.15, -0.1) is 0 Å². The number of hydrogen-bond acceptors (Lipinski definition) is 2. The standard InChI is InChI=1S/C25H24N2O2/c1-2-3-10-23-22(24-11-6-7-16-27(24)26-23)17-18-12-14-19(15-13-18)20-8-4-5-9-21(20)25(28)29/h4-9,11-16H,2-3,10,17H2,1H3,(H,28,29). The maximum absolute atomic E-state index is 11.5. The van der Waals surface area contributed by atoms with Gasteiger partial charge in [-0.05, 0) is 47.7 Å². The van der Waals surface area contributed by atoms with Gasteiger partial charge in [0.2, 0.25) is 0 Å². The molecule has 0 spiro atoms. The van der Waals surface area contributed by atoms with E-state index in [4.69, 9.17) is 5.10 Å². The highest BCUT2D eigenvalue weighted by atomic mass is 16.4. The van der Waals surface area contributed by atoms with Crippen LogP contribution in [-0.4, -0.2) is 20.7 Å². The molecule has 0 amide bonds. The van der Waals surface area contributed by atoms with Crippen molar-refractivity contribution in [2.45, 2.75) is 32.6 Å². The first kappa shape index (κ1) is 18.9. The SMILES string of the molecule is CCCCc1nn2ccccc2c1Cc1ccc(-c2ccccc2C(=O)O)cc1. The smallest absolute Gasteiger partial charge is 0.336 e. The summed E-state index contributed by atoms with van der Waals surface area (Å²) in [6.45, 7) is 2.20. The summed E-state index contributed by atoms with van der Waals surface area (Å²) in [6, 6.07) is 21.5. The van der Waals surface area contributed by atoms with Crippen LogP contribution < -0.4 is 0 Å². The van der Waals surface area contributed by atoms with Crippen molar-refractivity contribution >= 4 is 11.5 Å². The molecule has 0 fully saturated rings. The third kappa shape index (κ3) is 3.92. The summed E-state index contributed by atoms with van der Waals surface area (Å²) < 4.78 is 1.97. The van der Waals surface area contributed by atoms with E-state index in [0.717, 1.165) is 42.3 Å². The van der Waals surface area contributed by atoms with Crippen molar-refractivity contribution in [1.29, 1.82) is 0 Å². The molecular formula is C25H24N2O2. The van der Waals surface area contributed by atoms with E-state index in [2.05, 4.69) is 31.2 Å². The van der Waals surface area contributed by atoms with Gasteiger partial charge in [-0.1, -0.05) is 61.9 Å². The molecule has 146 valence electrons. The Morgan fingerprint density at radius 3 is 2.52 bits per heavy atom. The number of rotatable bonds is 7. The minimum atomic E-state index is -0.906. The van der Waals surface area contributed by atoms with Crippen molar-refractivity contribution < 1.29 is 9.90 Å². The topological polar surface area (TPSA) is 54.6 Å². The maximum atomic E-state index is 11.5. The quantitative estimate of drug-likeness (QED) is 0.449. The molecule has 0 aliphatic rings. The van der Waals surface area contributed by atoms with Gasteiger partial charge in [-0.3, -0.25) is 0 Å². The minimum absolute atomic E-state index is 0.324. The molecule has 0 saturated carbocycles. The normalized spacial score (nSPS) is 11.1. The number of aryl methyl sites for hydroxylation is 1. The first-order valence-electron chi connectivity index (χ1n) is 10.0. The average Bonchev–Trinajstić information content (AvgIpc) is 3.10. The Balaban J connectivity index is 1.66. The van der Waals surface area contributed by atoms with Crippen LogP contribution in [0.5, 0.6) is 0 Å². The number of nitrogens with zero attached hydrogens (tertiary/aromatic N) is 2. The first-order chi connectivity index (χ1) is 14.2. The van der Waals surface area contributed by atoms with E-state index in [1.54, 1.807) is 12.1 Å². The average molecular weight is 384 g/mol. The predicted octanol–water partition coefficient (Wildman–Crippen LogP) is 5.63. The van der Waals surface area contributed by atoms with Crippen LogP contribution in [0.3, 0.4) is 0 Å². The zero-order valence-electron chi connectivity index (χ0n) is 16.5. The molecular weight excluding hydrogens is 360 g/mol. The summed E-state index contributed by atoms with van der Waals surface area (Å²) in [7, 11) is 0. The molecule has 0 aliphatic heterocycles. The predicted molar refractivity (Wildman–Crippen MR) is 115 cm³/mol. The number of pyridine rings is 1. The molecule has 4 aromatic rings. The summed E-state index contributed by atoms with van der Waals surface area (Å²) in [5.74, 6) is -0.906. The molecule has 2 aromatic heterocycles. The van der Waals surface area contributed by atoms with Crippen molar-refractivity contribution in [1.82, 2.24) is 9.61 Å². The number of carboxylic acids is 1. The fourth-order valence-electron chi connectivity index (χ4n) is 3.76. The molecule has 2 heterocycles. The summed E-state index contributed by atoms with van der Waals surface area (Å²) in [5.41, 5.74) is 6.77. The van der Waals surface area contributed by atoms with Crippen LogP contribution in [0.1, 0.15) is 46.9 Å². The van der Waals surface area contributed by atoms with Gasteiger partial charge in [0.05, 0.1) is 16.8 Å². The summed E-state index contributed by atoms with van der Waals surface area (Å²) in [4.78, 5) is 11.5. The molecule has 0 bridgehead atoms. The van der Waals surface area contributed by atoms with Crippen LogP contribution in [-0.2, 0) is 12.8 Å². The molecule has 0 saturated heterocycles. The third-order valence-electron chi connectivity index (χ3n) is 5.30. The van der Waals surface area contributed by atoms with Crippen molar-refractivity contribution in [3.63, 3.8) is 0 Å². The Morgan fingerprint density at radius 1 is 1.00 bits per heavy atom. The monoisotopic (exact) mass is 384 g/mol. The van der Waals surface area contributed by atoms with Gasteiger partial charge in [-0.25, -0.2) is 9.31 Å². The van der Waals surface area contributed by atoms with E-state index in [0.29, 0.717) is 5.56 Å².